The number of fused-ring (bicyclic) bond motifs is 1. The maximum atomic E-state index is 12.5. The van der Waals surface area contributed by atoms with Gasteiger partial charge in [-0.05, 0) is 23.3 Å². The predicted octanol–water partition coefficient (Wildman–Crippen LogP) is 1.94. The van der Waals surface area contributed by atoms with Crippen LogP contribution in [0, 0.1) is 0 Å². The van der Waals surface area contributed by atoms with Gasteiger partial charge in [0.05, 0.1) is 5.75 Å². The number of hydrogen-bond acceptors (Lipinski definition) is 5. The Kier molecular flexibility index (Phi) is 6.21. The van der Waals surface area contributed by atoms with Crippen molar-refractivity contribution >= 4 is 15.9 Å². The van der Waals surface area contributed by atoms with E-state index >= 15 is 0 Å². The van der Waals surface area contributed by atoms with Crippen molar-refractivity contribution in [1.82, 2.24) is 9.62 Å². The van der Waals surface area contributed by atoms with Crippen molar-refractivity contribution in [2.45, 2.75) is 12.3 Å². The van der Waals surface area contributed by atoms with Crippen LogP contribution in [0.4, 0.5) is 0 Å². The van der Waals surface area contributed by atoms with E-state index in [-0.39, 0.29) is 37.3 Å². The number of carbonyl (C=O) groups is 1. The van der Waals surface area contributed by atoms with Crippen molar-refractivity contribution in [3.63, 3.8) is 0 Å². The first-order chi connectivity index (χ1) is 13.4. The fourth-order valence-corrected chi connectivity index (χ4v) is 3.73. The number of nitrogens with one attached hydrogen (secondary N) is 1. The van der Waals surface area contributed by atoms with E-state index in [1.54, 1.807) is 0 Å². The van der Waals surface area contributed by atoms with Gasteiger partial charge in [-0.15, -0.1) is 0 Å². The van der Waals surface area contributed by atoms with Gasteiger partial charge >= 0.3 is 0 Å². The first-order valence-corrected chi connectivity index (χ1v) is 10.6. The molecule has 1 atom stereocenters. The van der Waals surface area contributed by atoms with Crippen LogP contribution in [0.1, 0.15) is 23.5 Å². The fraction of sp³-hybridized carbons (Fsp3) is 0.350. The maximum Gasteiger partial charge on any atom is 0.231 e. The number of ether oxygens (including phenoxy) is 2. The minimum Gasteiger partial charge on any atom is -0.454 e. The molecule has 8 heteroatoms. The molecule has 7 nitrogen and oxygen atoms in total. The van der Waals surface area contributed by atoms with Gasteiger partial charge < -0.3 is 14.8 Å². The number of sulfonamides is 1. The molecule has 3 rings (SSSR count). The Morgan fingerprint density at radius 1 is 1.07 bits per heavy atom. The van der Waals surface area contributed by atoms with Crippen molar-refractivity contribution in [2.75, 3.05) is 33.2 Å². The Balaban J connectivity index is 1.72. The Morgan fingerprint density at radius 2 is 1.79 bits per heavy atom. The molecule has 0 unspecified atom stereocenters. The quantitative estimate of drug-likeness (QED) is 0.727. The molecule has 0 fully saturated rings. The molecule has 150 valence electrons. The van der Waals surface area contributed by atoms with E-state index in [0.29, 0.717) is 11.5 Å². The average molecular weight is 404 g/mol. The highest BCUT2D eigenvalue weighted by molar-refractivity contribution is 7.89. The van der Waals surface area contributed by atoms with Gasteiger partial charge in [0.15, 0.2) is 11.5 Å². The molecule has 1 aliphatic heterocycles. The van der Waals surface area contributed by atoms with Crippen LogP contribution in [0.15, 0.2) is 48.5 Å². The fourth-order valence-electron chi connectivity index (χ4n) is 3.00. The minimum absolute atomic E-state index is 0.0714. The second-order valence-corrected chi connectivity index (χ2v) is 9.03. The first-order valence-electron chi connectivity index (χ1n) is 8.98. The molecule has 0 aliphatic carbocycles. The standard InChI is InChI=1S/C20H24N2O5S/c1-22(2)28(24,25)11-10-21-20(23)13-17(15-6-4-3-5-7-15)16-8-9-18-19(12-16)27-14-26-18/h3-9,12,17H,10-11,13-14H2,1-2H3,(H,21,23)/t17-/m1/s1. The smallest absolute Gasteiger partial charge is 0.231 e. The molecule has 0 bridgehead atoms. The molecular weight excluding hydrogens is 380 g/mol. The van der Waals surface area contributed by atoms with E-state index in [1.807, 2.05) is 48.5 Å². The molecule has 0 saturated carbocycles. The third-order valence-electron chi connectivity index (χ3n) is 4.63. The van der Waals surface area contributed by atoms with Crippen molar-refractivity contribution in [1.29, 1.82) is 0 Å². The van der Waals surface area contributed by atoms with Gasteiger partial charge in [-0.25, -0.2) is 12.7 Å². The summed E-state index contributed by atoms with van der Waals surface area (Å²) in [6, 6.07) is 15.4. The van der Waals surface area contributed by atoms with E-state index in [0.717, 1.165) is 15.4 Å². The van der Waals surface area contributed by atoms with Gasteiger partial charge in [-0.1, -0.05) is 36.4 Å². The van der Waals surface area contributed by atoms with Crippen molar-refractivity contribution < 1.29 is 22.7 Å². The molecule has 0 spiro atoms. The summed E-state index contributed by atoms with van der Waals surface area (Å²) in [5.74, 6) is 0.831. The summed E-state index contributed by atoms with van der Waals surface area (Å²) in [7, 11) is -0.396. The van der Waals surface area contributed by atoms with Gasteiger partial charge in [0, 0.05) is 33.0 Å². The average Bonchev–Trinajstić information content (AvgIpc) is 3.14. The lowest BCUT2D eigenvalue weighted by Crippen LogP contribution is -2.34. The van der Waals surface area contributed by atoms with Crippen LogP contribution in [0.5, 0.6) is 11.5 Å². The summed E-state index contributed by atoms with van der Waals surface area (Å²) in [5.41, 5.74) is 1.93. The third kappa shape index (κ3) is 4.82. The van der Waals surface area contributed by atoms with Crippen LogP contribution in [0.3, 0.4) is 0 Å². The van der Waals surface area contributed by atoms with Crippen LogP contribution in [-0.4, -0.2) is 51.8 Å². The topological polar surface area (TPSA) is 84.9 Å². The molecule has 1 heterocycles. The SMILES string of the molecule is CN(C)S(=O)(=O)CCNC(=O)C[C@H](c1ccccc1)c1ccc2c(c1)OCO2. The molecule has 2 aromatic carbocycles. The second kappa shape index (κ2) is 8.62. The van der Waals surface area contributed by atoms with E-state index in [2.05, 4.69) is 5.32 Å². The van der Waals surface area contributed by atoms with Crippen LogP contribution < -0.4 is 14.8 Å². The summed E-state index contributed by atoms with van der Waals surface area (Å²) in [6.45, 7) is 0.262. The van der Waals surface area contributed by atoms with Crippen LogP contribution in [0.25, 0.3) is 0 Å². The minimum atomic E-state index is -3.35. The monoisotopic (exact) mass is 404 g/mol. The third-order valence-corrected chi connectivity index (χ3v) is 6.46. The molecule has 1 amide bonds. The predicted molar refractivity (Wildman–Crippen MR) is 106 cm³/mol. The molecule has 1 aliphatic rings. The number of carbonyl (C=O) groups excluding carboxylic acids is 1. The van der Waals surface area contributed by atoms with Gasteiger partial charge in [0.2, 0.25) is 22.7 Å². The van der Waals surface area contributed by atoms with Crippen LogP contribution >= 0.6 is 0 Å². The lowest BCUT2D eigenvalue weighted by Gasteiger charge is -2.18. The Morgan fingerprint density at radius 3 is 2.50 bits per heavy atom. The molecular formula is C20H24N2O5S. The van der Waals surface area contributed by atoms with Crippen molar-refractivity contribution in [3.8, 4) is 11.5 Å². The molecule has 2 aromatic rings. The first kappa shape index (κ1) is 20.2. The summed E-state index contributed by atoms with van der Waals surface area (Å²) < 4.78 is 35.6. The highest BCUT2D eigenvalue weighted by atomic mass is 32.2. The number of benzene rings is 2. The summed E-state index contributed by atoms with van der Waals surface area (Å²) in [4.78, 5) is 12.5. The molecule has 0 saturated heterocycles. The van der Waals surface area contributed by atoms with Gasteiger partial charge in [0.25, 0.3) is 0 Å². The summed E-state index contributed by atoms with van der Waals surface area (Å²) >= 11 is 0. The van der Waals surface area contributed by atoms with Gasteiger partial charge in [-0.3, -0.25) is 4.79 Å². The molecule has 0 aromatic heterocycles. The highest BCUT2D eigenvalue weighted by Gasteiger charge is 2.22. The van der Waals surface area contributed by atoms with Crippen LogP contribution in [0.2, 0.25) is 0 Å². The zero-order chi connectivity index (χ0) is 20.1. The Labute approximate surface area is 165 Å². The lowest BCUT2D eigenvalue weighted by molar-refractivity contribution is -0.121. The normalized spacial score (nSPS) is 14.1. The lowest BCUT2D eigenvalue weighted by atomic mass is 9.88. The van der Waals surface area contributed by atoms with Gasteiger partial charge in [0.1, 0.15) is 0 Å². The molecule has 28 heavy (non-hydrogen) atoms. The number of hydrogen-bond donors (Lipinski definition) is 1. The van der Waals surface area contributed by atoms with E-state index < -0.39 is 10.0 Å². The summed E-state index contributed by atoms with van der Waals surface area (Å²) in [5, 5.41) is 2.72. The van der Waals surface area contributed by atoms with E-state index in [9.17, 15) is 13.2 Å². The second-order valence-electron chi connectivity index (χ2n) is 6.73. The van der Waals surface area contributed by atoms with Crippen LogP contribution in [-0.2, 0) is 14.8 Å². The zero-order valence-electron chi connectivity index (χ0n) is 15.9. The summed E-state index contributed by atoms with van der Waals surface area (Å²) in [6.07, 6.45) is 0.200. The Bertz CT molecular complexity index is 929. The largest absolute Gasteiger partial charge is 0.454 e. The highest BCUT2D eigenvalue weighted by Crippen LogP contribution is 2.37. The van der Waals surface area contributed by atoms with Crippen molar-refractivity contribution in [2.24, 2.45) is 0 Å². The van der Waals surface area contributed by atoms with E-state index in [1.165, 1.54) is 14.1 Å². The van der Waals surface area contributed by atoms with Crippen molar-refractivity contribution in [3.05, 3.63) is 59.7 Å². The number of nitrogens with zero attached hydrogens (tertiary/aromatic N) is 1. The number of rotatable bonds is 8. The molecule has 0 radical (unpaired) electrons. The van der Waals surface area contributed by atoms with E-state index in [4.69, 9.17) is 9.47 Å². The zero-order valence-corrected chi connectivity index (χ0v) is 16.7. The van der Waals surface area contributed by atoms with Gasteiger partial charge in [-0.2, -0.15) is 0 Å². The number of amides is 1. The Hall–Kier alpha value is -2.58. The maximum absolute atomic E-state index is 12.5. The molecule has 1 N–H and O–H groups in total.